The van der Waals surface area contributed by atoms with Crippen molar-refractivity contribution in [3.05, 3.63) is 64.7 Å². The molecule has 0 aromatic heterocycles. The summed E-state index contributed by atoms with van der Waals surface area (Å²) in [7, 11) is 0. The molecule has 5 nitrogen and oxygen atoms in total. The maximum Gasteiger partial charge on any atom is 0.261 e. The van der Waals surface area contributed by atoms with Crippen molar-refractivity contribution in [2.24, 2.45) is 0 Å². The van der Waals surface area contributed by atoms with Gasteiger partial charge in [-0.2, -0.15) is 0 Å². The second-order valence-corrected chi connectivity index (χ2v) is 6.94. The predicted molar refractivity (Wildman–Crippen MR) is 111 cm³/mol. The van der Waals surface area contributed by atoms with Crippen LogP contribution in [-0.4, -0.2) is 35.9 Å². The molecule has 28 heavy (non-hydrogen) atoms. The molecule has 0 bridgehead atoms. The molecule has 0 saturated heterocycles. The van der Waals surface area contributed by atoms with Gasteiger partial charge in [0.1, 0.15) is 11.8 Å². The van der Waals surface area contributed by atoms with E-state index in [0.717, 1.165) is 12.0 Å². The van der Waals surface area contributed by atoms with Crippen LogP contribution in [0.2, 0.25) is 5.02 Å². The van der Waals surface area contributed by atoms with Crippen LogP contribution in [0.1, 0.15) is 31.9 Å². The lowest BCUT2D eigenvalue weighted by Gasteiger charge is -2.28. The highest BCUT2D eigenvalue weighted by Gasteiger charge is 2.26. The van der Waals surface area contributed by atoms with Gasteiger partial charge in [-0.15, -0.1) is 0 Å². The number of rotatable bonds is 9. The Morgan fingerprint density at radius 2 is 1.64 bits per heavy atom. The number of likely N-dealkylation sites (N-methyl/N-ethyl adjacent to an activating group) is 1. The van der Waals surface area contributed by atoms with Gasteiger partial charge in [0, 0.05) is 18.1 Å². The van der Waals surface area contributed by atoms with Gasteiger partial charge in [-0.05, 0) is 55.7 Å². The zero-order chi connectivity index (χ0) is 20.5. The zero-order valence-corrected chi connectivity index (χ0v) is 17.3. The van der Waals surface area contributed by atoms with Crippen molar-refractivity contribution >= 4 is 23.4 Å². The molecule has 0 spiro atoms. The number of carbonyl (C=O) groups is 2. The average Bonchev–Trinajstić information content (AvgIpc) is 2.71. The van der Waals surface area contributed by atoms with Crippen LogP contribution in [0.25, 0.3) is 0 Å². The molecule has 150 valence electrons. The third-order valence-corrected chi connectivity index (χ3v) is 4.73. The van der Waals surface area contributed by atoms with Crippen molar-refractivity contribution in [1.29, 1.82) is 0 Å². The fourth-order valence-electron chi connectivity index (χ4n) is 2.74. The van der Waals surface area contributed by atoms with Crippen molar-refractivity contribution in [2.45, 2.75) is 39.8 Å². The molecule has 2 rings (SSSR count). The van der Waals surface area contributed by atoms with E-state index in [1.807, 2.05) is 43.3 Å². The molecule has 0 fully saturated rings. The summed E-state index contributed by atoms with van der Waals surface area (Å²) in [4.78, 5) is 26.7. The van der Waals surface area contributed by atoms with Crippen LogP contribution >= 0.6 is 11.6 Å². The van der Waals surface area contributed by atoms with Gasteiger partial charge in [0.2, 0.25) is 5.91 Å². The summed E-state index contributed by atoms with van der Waals surface area (Å²) in [5.41, 5.74) is 2.09. The first kappa shape index (κ1) is 21.8. The minimum absolute atomic E-state index is 0.136. The third kappa shape index (κ3) is 6.27. The smallest absolute Gasteiger partial charge is 0.261 e. The Bertz CT molecular complexity index is 775. The maximum absolute atomic E-state index is 12.9. The number of hydrogen-bond donors (Lipinski definition) is 1. The Labute approximate surface area is 171 Å². The molecule has 0 heterocycles. The third-order valence-electron chi connectivity index (χ3n) is 4.48. The summed E-state index contributed by atoms with van der Waals surface area (Å²) in [5.74, 6) is 0.174. The molecular weight excluding hydrogens is 376 g/mol. The Morgan fingerprint density at radius 3 is 2.21 bits per heavy atom. The van der Waals surface area contributed by atoms with E-state index in [0.29, 0.717) is 23.9 Å². The molecule has 0 saturated carbocycles. The van der Waals surface area contributed by atoms with Crippen molar-refractivity contribution in [1.82, 2.24) is 10.2 Å². The Balaban J connectivity index is 2.10. The van der Waals surface area contributed by atoms with Crippen LogP contribution in [0.5, 0.6) is 5.75 Å². The normalized spacial score (nSPS) is 11.6. The van der Waals surface area contributed by atoms with Crippen molar-refractivity contribution in [2.75, 3.05) is 13.2 Å². The largest absolute Gasteiger partial charge is 0.484 e. The molecule has 0 aliphatic carbocycles. The number of aryl methyl sites for hydroxylation is 1. The molecule has 2 aromatic rings. The maximum atomic E-state index is 12.9. The van der Waals surface area contributed by atoms with Gasteiger partial charge in [-0.3, -0.25) is 9.59 Å². The van der Waals surface area contributed by atoms with E-state index in [2.05, 4.69) is 12.2 Å². The SMILES string of the molecule is CCNC(=O)[C@@H](C)N(Cc1ccc(Cl)cc1)C(=O)COc1ccc(CC)cc1. The lowest BCUT2D eigenvalue weighted by molar-refractivity contribution is -0.142. The van der Waals surface area contributed by atoms with E-state index in [1.165, 1.54) is 10.5 Å². The predicted octanol–water partition coefficient (Wildman–Crippen LogP) is 3.83. The molecule has 0 aliphatic heterocycles. The first-order valence-corrected chi connectivity index (χ1v) is 9.85. The molecule has 2 amide bonds. The summed E-state index contributed by atoms with van der Waals surface area (Å²) >= 11 is 5.94. The molecule has 0 radical (unpaired) electrons. The highest BCUT2D eigenvalue weighted by Crippen LogP contribution is 2.16. The van der Waals surface area contributed by atoms with Gasteiger partial charge in [-0.1, -0.05) is 42.8 Å². The lowest BCUT2D eigenvalue weighted by Crippen LogP contribution is -2.49. The molecule has 0 aliphatic rings. The average molecular weight is 403 g/mol. The minimum atomic E-state index is -0.616. The topological polar surface area (TPSA) is 58.6 Å². The van der Waals surface area contributed by atoms with E-state index in [1.54, 1.807) is 19.1 Å². The molecule has 6 heteroatoms. The number of halogens is 1. The summed E-state index contributed by atoms with van der Waals surface area (Å²) in [6.45, 7) is 6.31. The number of nitrogens with one attached hydrogen (secondary N) is 1. The van der Waals surface area contributed by atoms with E-state index in [-0.39, 0.29) is 18.4 Å². The van der Waals surface area contributed by atoms with Crippen LogP contribution in [0.4, 0.5) is 0 Å². The lowest BCUT2D eigenvalue weighted by atomic mass is 10.1. The van der Waals surface area contributed by atoms with Crippen molar-refractivity contribution in [3.8, 4) is 5.75 Å². The van der Waals surface area contributed by atoms with Gasteiger partial charge in [0.15, 0.2) is 6.61 Å². The molecule has 1 atom stereocenters. The summed E-state index contributed by atoms with van der Waals surface area (Å²) in [6, 6.07) is 14.3. The van der Waals surface area contributed by atoms with Crippen LogP contribution in [-0.2, 0) is 22.6 Å². The fourth-order valence-corrected chi connectivity index (χ4v) is 2.87. The number of nitrogens with zero attached hydrogens (tertiary/aromatic N) is 1. The van der Waals surface area contributed by atoms with Crippen LogP contribution in [0, 0.1) is 0 Å². The van der Waals surface area contributed by atoms with Gasteiger partial charge >= 0.3 is 0 Å². The Morgan fingerprint density at radius 1 is 1.04 bits per heavy atom. The quantitative estimate of drug-likeness (QED) is 0.693. The van der Waals surface area contributed by atoms with Crippen LogP contribution < -0.4 is 10.1 Å². The second kappa shape index (κ2) is 10.7. The van der Waals surface area contributed by atoms with Gasteiger partial charge in [0.05, 0.1) is 0 Å². The van der Waals surface area contributed by atoms with Crippen LogP contribution in [0.15, 0.2) is 48.5 Å². The summed E-state index contributed by atoms with van der Waals surface area (Å²) < 4.78 is 5.65. The number of amides is 2. The first-order chi connectivity index (χ1) is 13.4. The van der Waals surface area contributed by atoms with Crippen molar-refractivity contribution < 1.29 is 14.3 Å². The molecular formula is C22H27ClN2O3. The Hall–Kier alpha value is -2.53. The van der Waals surface area contributed by atoms with Gasteiger partial charge < -0.3 is 15.0 Å². The van der Waals surface area contributed by atoms with Gasteiger partial charge in [0.25, 0.3) is 5.91 Å². The van der Waals surface area contributed by atoms with Gasteiger partial charge in [-0.25, -0.2) is 0 Å². The number of ether oxygens (including phenoxy) is 1. The minimum Gasteiger partial charge on any atom is -0.484 e. The molecule has 2 aromatic carbocycles. The number of benzene rings is 2. The van der Waals surface area contributed by atoms with Crippen LogP contribution in [0.3, 0.4) is 0 Å². The summed E-state index contributed by atoms with van der Waals surface area (Å²) in [6.07, 6.45) is 0.943. The number of hydrogen-bond acceptors (Lipinski definition) is 3. The monoisotopic (exact) mass is 402 g/mol. The van der Waals surface area contributed by atoms with E-state index in [9.17, 15) is 9.59 Å². The zero-order valence-electron chi connectivity index (χ0n) is 16.6. The first-order valence-electron chi connectivity index (χ1n) is 9.48. The standard InChI is InChI=1S/C22H27ClN2O3/c1-4-17-8-12-20(13-9-17)28-15-21(26)25(16(3)22(27)24-5-2)14-18-6-10-19(23)11-7-18/h6-13,16H,4-5,14-15H2,1-3H3,(H,24,27)/t16-/m1/s1. The molecule has 1 N–H and O–H groups in total. The van der Waals surface area contributed by atoms with E-state index in [4.69, 9.17) is 16.3 Å². The summed E-state index contributed by atoms with van der Waals surface area (Å²) in [5, 5.41) is 3.39. The highest BCUT2D eigenvalue weighted by molar-refractivity contribution is 6.30. The van der Waals surface area contributed by atoms with Crippen molar-refractivity contribution in [3.63, 3.8) is 0 Å². The number of carbonyl (C=O) groups excluding carboxylic acids is 2. The molecule has 0 unspecified atom stereocenters. The fraction of sp³-hybridized carbons (Fsp3) is 0.364. The Kier molecular flexibility index (Phi) is 8.33. The highest BCUT2D eigenvalue weighted by atomic mass is 35.5. The van der Waals surface area contributed by atoms with E-state index >= 15 is 0 Å². The second-order valence-electron chi connectivity index (χ2n) is 6.50. The van der Waals surface area contributed by atoms with E-state index < -0.39 is 6.04 Å².